The van der Waals surface area contributed by atoms with Crippen molar-refractivity contribution < 1.29 is 18.3 Å². The molecular formula is C18H22F3N5O. The topological polar surface area (TPSA) is 57.4 Å². The van der Waals surface area contributed by atoms with Crippen molar-refractivity contribution in [3.05, 3.63) is 35.2 Å². The van der Waals surface area contributed by atoms with Crippen molar-refractivity contribution in [2.75, 3.05) is 33.2 Å². The van der Waals surface area contributed by atoms with E-state index in [1.54, 1.807) is 0 Å². The SMILES string of the molecule is CN1CCN(C2CCc3nn(-c4ccc(C(F)(F)F)cn4)c(O)c3C2)CC1. The molecule has 0 bridgehead atoms. The number of aromatic hydroxyl groups is 1. The molecule has 4 rings (SSSR count). The molecule has 146 valence electrons. The van der Waals surface area contributed by atoms with Crippen LogP contribution in [0.4, 0.5) is 13.2 Å². The van der Waals surface area contributed by atoms with E-state index in [0.29, 0.717) is 12.5 Å². The van der Waals surface area contributed by atoms with E-state index >= 15 is 0 Å². The Hall–Kier alpha value is -2.13. The monoisotopic (exact) mass is 381 g/mol. The average molecular weight is 381 g/mol. The van der Waals surface area contributed by atoms with Gasteiger partial charge in [-0.05, 0) is 38.4 Å². The third-order valence-corrected chi connectivity index (χ3v) is 5.54. The molecule has 9 heteroatoms. The number of rotatable bonds is 2. The summed E-state index contributed by atoms with van der Waals surface area (Å²) in [6.45, 7) is 4.08. The van der Waals surface area contributed by atoms with Crippen molar-refractivity contribution >= 4 is 0 Å². The van der Waals surface area contributed by atoms with E-state index in [4.69, 9.17) is 0 Å². The van der Waals surface area contributed by atoms with Crippen molar-refractivity contribution in [2.45, 2.75) is 31.5 Å². The minimum absolute atomic E-state index is 0.0175. The quantitative estimate of drug-likeness (QED) is 0.864. The molecule has 1 aliphatic carbocycles. The maximum absolute atomic E-state index is 12.7. The number of fused-ring (bicyclic) bond motifs is 1. The molecule has 1 unspecified atom stereocenters. The van der Waals surface area contributed by atoms with Crippen LogP contribution in [-0.2, 0) is 19.0 Å². The number of pyridine rings is 1. The second-order valence-electron chi connectivity index (χ2n) is 7.30. The lowest BCUT2D eigenvalue weighted by Crippen LogP contribution is -2.50. The van der Waals surface area contributed by atoms with Gasteiger partial charge in [-0.3, -0.25) is 4.90 Å². The Labute approximate surface area is 155 Å². The Bertz CT molecular complexity index is 810. The first-order chi connectivity index (χ1) is 12.8. The van der Waals surface area contributed by atoms with Gasteiger partial charge in [-0.2, -0.15) is 23.0 Å². The maximum Gasteiger partial charge on any atom is 0.417 e. The van der Waals surface area contributed by atoms with E-state index in [0.717, 1.165) is 62.5 Å². The van der Waals surface area contributed by atoms with Crippen LogP contribution in [0.25, 0.3) is 5.82 Å². The molecule has 6 nitrogen and oxygen atoms in total. The Balaban J connectivity index is 1.55. The number of hydrogen-bond donors (Lipinski definition) is 1. The van der Waals surface area contributed by atoms with Gasteiger partial charge in [-0.15, -0.1) is 0 Å². The van der Waals surface area contributed by atoms with Crippen LogP contribution < -0.4 is 0 Å². The molecule has 2 aromatic heterocycles. The van der Waals surface area contributed by atoms with Gasteiger partial charge in [0.05, 0.1) is 11.3 Å². The Morgan fingerprint density at radius 3 is 2.52 bits per heavy atom. The molecule has 1 fully saturated rings. The fourth-order valence-electron chi connectivity index (χ4n) is 3.87. The largest absolute Gasteiger partial charge is 0.493 e. The van der Waals surface area contributed by atoms with E-state index in [1.807, 2.05) is 0 Å². The van der Waals surface area contributed by atoms with Crippen molar-refractivity contribution in [1.82, 2.24) is 24.6 Å². The Morgan fingerprint density at radius 2 is 1.89 bits per heavy atom. The summed E-state index contributed by atoms with van der Waals surface area (Å²) in [4.78, 5) is 8.60. The lowest BCUT2D eigenvalue weighted by atomic mass is 9.91. The highest BCUT2D eigenvalue weighted by atomic mass is 19.4. The van der Waals surface area contributed by atoms with Crippen molar-refractivity contribution in [3.63, 3.8) is 0 Å². The predicted molar refractivity (Wildman–Crippen MR) is 92.9 cm³/mol. The minimum Gasteiger partial charge on any atom is -0.493 e. The second kappa shape index (κ2) is 6.79. The molecular weight excluding hydrogens is 359 g/mol. The molecule has 0 aromatic carbocycles. The lowest BCUT2D eigenvalue weighted by molar-refractivity contribution is -0.137. The van der Waals surface area contributed by atoms with E-state index in [2.05, 4.69) is 26.9 Å². The van der Waals surface area contributed by atoms with Gasteiger partial charge >= 0.3 is 6.18 Å². The smallest absolute Gasteiger partial charge is 0.417 e. The minimum atomic E-state index is -4.44. The second-order valence-corrected chi connectivity index (χ2v) is 7.30. The summed E-state index contributed by atoms with van der Waals surface area (Å²) in [6.07, 6.45) is -1.26. The summed E-state index contributed by atoms with van der Waals surface area (Å²) in [5.74, 6) is 0.169. The number of nitrogens with zero attached hydrogens (tertiary/aromatic N) is 5. The highest BCUT2D eigenvalue weighted by molar-refractivity contribution is 5.40. The zero-order valence-corrected chi connectivity index (χ0v) is 15.1. The third-order valence-electron chi connectivity index (χ3n) is 5.54. The first-order valence-corrected chi connectivity index (χ1v) is 9.09. The highest BCUT2D eigenvalue weighted by Crippen LogP contribution is 2.33. The first kappa shape index (κ1) is 18.2. The van der Waals surface area contributed by atoms with Crippen LogP contribution in [0.3, 0.4) is 0 Å². The first-order valence-electron chi connectivity index (χ1n) is 9.09. The van der Waals surface area contributed by atoms with Gasteiger partial charge in [-0.1, -0.05) is 0 Å². The van der Waals surface area contributed by atoms with Gasteiger partial charge in [0.15, 0.2) is 5.82 Å². The van der Waals surface area contributed by atoms with Crippen LogP contribution in [-0.4, -0.2) is 68.9 Å². The average Bonchev–Trinajstić information content (AvgIpc) is 2.98. The van der Waals surface area contributed by atoms with Gasteiger partial charge < -0.3 is 10.0 Å². The molecule has 2 aliphatic rings. The maximum atomic E-state index is 12.7. The molecule has 2 aromatic rings. The van der Waals surface area contributed by atoms with E-state index in [1.165, 1.54) is 10.7 Å². The molecule has 1 aliphatic heterocycles. The molecule has 0 radical (unpaired) electrons. The van der Waals surface area contributed by atoms with Gasteiger partial charge in [-0.25, -0.2) is 4.98 Å². The molecule has 1 saturated heterocycles. The summed E-state index contributed by atoms with van der Waals surface area (Å²) >= 11 is 0. The van der Waals surface area contributed by atoms with Gasteiger partial charge in [0.2, 0.25) is 5.88 Å². The fraction of sp³-hybridized carbons (Fsp3) is 0.556. The van der Waals surface area contributed by atoms with E-state index < -0.39 is 11.7 Å². The van der Waals surface area contributed by atoms with Crippen molar-refractivity contribution in [3.8, 4) is 11.7 Å². The third kappa shape index (κ3) is 3.53. The molecule has 27 heavy (non-hydrogen) atoms. The summed E-state index contributed by atoms with van der Waals surface area (Å²) in [5.41, 5.74) is 0.768. The summed E-state index contributed by atoms with van der Waals surface area (Å²) < 4.78 is 39.4. The Morgan fingerprint density at radius 1 is 1.15 bits per heavy atom. The summed E-state index contributed by atoms with van der Waals surface area (Å²) in [6, 6.07) is 2.55. The number of alkyl halides is 3. The summed E-state index contributed by atoms with van der Waals surface area (Å²) in [7, 11) is 2.11. The van der Waals surface area contributed by atoms with Crippen LogP contribution >= 0.6 is 0 Å². The van der Waals surface area contributed by atoms with Gasteiger partial charge in [0, 0.05) is 44.0 Å². The molecule has 1 atom stereocenters. The number of halogens is 3. The Kier molecular flexibility index (Phi) is 4.59. The number of aryl methyl sites for hydroxylation is 1. The van der Waals surface area contributed by atoms with Crippen LogP contribution in [0, 0.1) is 0 Å². The van der Waals surface area contributed by atoms with E-state index in [-0.39, 0.29) is 11.7 Å². The van der Waals surface area contributed by atoms with Crippen molar-refractivity contribution in [2.24, 2.45) is 0 Å². The van der Waals surface area contributed by atoms with Crippen molar-refractivity contribution in [1.29, 1.82) is 0 Å². The van der Waals surface area contributed by atoms with Crippen LogP contribution in [0.1, 0.15) is 23.2 Å². The molecule has 1 N–H and O–H groups in total. The highest BCUT2D eigenvalue weighted by Gasteiger charge is 2.33. The number of likely N-dealkylation sites (N-methyl/N-ethyl adjacent to an activating group) is 1. The number of hydrogen-bond acceptors (Lipinski definition) is 5. The standard InChI is InChI=1S/C18H22F3N5O/c1-24-6-8-25(9-7-24)13-3-4-15-14(10-13)17(27)26(23-15)16-5-2-12(11-22-16)18(19,20)21/h2,5,11,13,27H,3-4,6-10H2,1H3. The van der Waals surface area contributed by atoms with Gasteiger partial charge in [0.1, 0.15) is 0 Å². The number of piperazine rings is 1. The molecule has 0 spiro atoms. The van der Waals surface area contributed by atoms with E-state index in [9.17, 15) is 18.3 Å². The zero-order chi connectivity index (χ0) is 19.2. The van der Waals surface area contributed by atoms with Crippen LogP contribution in [0.2, 0.25) is 0 Å². The zero-order valence-electron chi connectivity index (χ0n) is 15.1. The lowest BCUT2D eigenvalue weighted by Gasteiger charge is -2.39. The normalized spacial score (nSPS) is 22.0. The summed E-state index contributed by atoms with van der Waals surface area (Å²) in [5, 5.41) is 15.0. The van der Waals surface area contributed by atoms with Crippen LogP contribution in [0.5, 0.6) is 5.88 Å². The molecule has 0 saturated carbocycles. The fourth-order valence-corrected chi connectivity index (χ4v) is 3.87. The molecule has 3 heterocycles. The molecule has 0 amide bonds. The predicted octanol–water partition coefficient (Wildman–Crippen LogP) is 2.10. The number of aromatic nitrogens is 3. The van der Waals surface area contributed by atoms with Gasteiger partial charge in [0.25, 0.3) is 0 Å². The van der Waals surface area contributed by atoms with Crippen LogP contribution in [0.15, 0.2) is 18.3 Å².